The molecular formula is C22H24ClN3O3. The van der Waals surface area contributed by atoms with Crippen LogP contribution in [0.2, 0.25) is 5.02 Å². The zero-order valence-corrected chi connectivity index (χ0v) is 16.8. The third kappa shape index (κ3) is 5.16. The van der Waals surface area contributed by atoms with Crippen molar-refractivity contribution >= 4 is 29.1 Å². The van der Waals surface area contributed by atoms with Crippen LogP contribution in [-0.4, -0.2) is 41.5 Å². The Morgan fingerprint density at radius 1 is 1.21 bits per heavy atom. The molecule has 7 heteroatoms. The van der Waals surface area contributed by atoms with Crippen molar-refractivity contribution in [2.24, 2.45) is 0 Å². The first-order valence-electron chi connectivity index (χ1n) is 9.52. The van der Waals surface area contributed by atoms with Crippen LogP contribution in [0.25, 0.3) is 0 Å². The highest BCUT2D eigenvalue weighted by Gasteiger charge is 2.25. The Labute approximate surface area is 175 Å². The van der Waals surface area contributed by atoms with E-state index in [1.54, 1.807) is 0 Å². The molecule has 1 heterocycles. The fraction of sp³-hybridized carbons (Fsp3) is 0.273. The Morgan fingerprint density at radius 2 is 1.93 bits per heavy atom. The SMILES string of the molecule is C=CC(=O)Nc1cc(C(=O)NCC(c2ccccc2Cl)N2CCCC2)ccc1O. The third-order valence-electron chi connectivity index (χ3n) is 5.00. The lowest BCUT2D eigenvalue weighted by Crippen LogP contribution is -2.37. The summed E-state index contributed by atoms with van der Waals surface area (Å²) in [5.74, 6) is -0.885. The van der Waals surface area contributed by atoms with Crippen LogP contribution in [0.4, 0.5) is 5.69 Å². The number of halogens is 1. The van der Waals surface area contributed by atoms with Gasteiger partial charge < -0.3 is 15.7 Å². The molecule has 1 saturated heterocycles. The van der Waals surface area contributed by atoms with E-state index in [9.17, 15) is 14.7 Å². The molecule has 1 atom stereocenters. The van der Waals surface area contributed by atoms with Crippen LogP contribution >= 0.6 is 11.6 Å². The minimum Gasteiger partial charge on any atom is -0.506 e. The molecule has 0 aromatic heterocycles. The van der Waals surface area contributed by atoms with E-state index < -0.39 is 5.91 Å². The molecule has 1 aliphatic heterocycles. The van der Waals surface area contributed by atoms with Crippen molar-refractivity contribution in [2.45, 2.75) is 18.9 Å². The Bertz CT molecular complexity index is 910. The van der Waals surface area contributed by atoms with Crippen molar-refractivity contribution in [3.05, 3.63) is 71.3 Å². The van der Waals surface area contributed by atoms with E-state index in [1.165, 1.54) is 18.2 Å². The van der Waals surface area contributed by atoms with Gasteiger partial charge >= 0.3 is 0 Å². The van der Waals surface area contributed by atoms with Crippen molar-refractivity contribution in [1.29, 1.82) is 0 Å². The van der Waals surface area contributed by atoms with Gasteiger partial charge in [-0.15, -0.1) is 0 Å². The number of likely N-dealkylation sites (tertiary alicyclic amines) is 1. The molecule has 29 heavy (non-hydrogen) atoms. The largest absolute Gasteiger partial charge is 0.506 e. The van der Waals surface area contributed by atoms with Gasteiger partial charge in [-0.2, -0.15) is 0 Å². The first-order chi connectivity index (χ1) is 14.0. The van der Waals surface area contributed by atoms with E-state index in [4.69, 9.17) is 11.6 Å². The van der Waals surface area contributed by atoms with E-state index in [0.29, 0.717) is 17.1 Å². The monoisotopic (exact) mass is 413 g/mol. The summed E-state index contributed by atoms with van der Waals surface area (Å²) in [6.45, 7) is 5.70. The van der Waals surface area contributed by atoms with Crippen LogP contribution in [0.15, 0.2) is 55.1 Å². The first-order valence-corrected chi connectivity index (χ1v) is 9.90. The van der Waals surface area contributed by atoms with Crippen LogP contribution in [0.5, 0.6) is 5.75 Å². The Morgan fingerprint density at radius 3 is 2.62 bits per heavy atom. The van der Waals surface area contributed by atoms with Crippen molar-refractivity contribution in [3.63, 3.8) is 0 Å². The molecule has 0 bridgehead atoms. The number of phenols is 1. The fourth-order valence-corrected chi connectivity index (χ4v) is 3.75. The molecule has 1 fully saturated rings. The molecule has 2 aromatic carbocycles. The van der Waals surface area contributed by atoms with E-state index in [0.717, 1.165) is 37.6 Å². The molecule has 1 unspecified atom stereocenters. The summed E-state index contributed by atoms with van der Waals surface area (Å²) in [4.78, 5) is 26.6. The Balaban J connectivity index is 1.75. The molecule has 152 valence electrons. The molecule has 3 N–H and O–H groups in total. The van der Waals surface area contributed by atoms with Gasteiger partial charge in [0.1, 0.15) is 5.75 Å². The summed E-state index contributed by atoms with van der Waals surface area (Å²) in [5, 5.41) is 16.0. The molecule has 0 radical (unpaired) electrons. The van der Waals surface area contributed by atoms with Crippen molar-refractivity contribution in [2.75, 3.05) is 25.0 Å². The second-order valence-electron chi connectivity index (χ2n) is 6.92. The minimum atomic E-state index is -0.467. The third-order valence-corrected chi connectivity index (χ3v) is 5.35. The van der Waals surface area contributed by atoms with Crippen LogP contribution in [0.1, 0.15) is 34.8 Å². The number of nitrogens with zero attached hydrogens (tertiary/aromatic N) is 1. The van der Waals surface area contributed by atoms with Gasteiger partial charge in [0.05, 0.1) is 11.7 Å². The maximum Gasteiger partial charge on any atom is 0.251 e. The number of phenolic OH excluding ortho intramolecular Hbond substituents is 1. The number of nitrogens with one attached hydrogen (secondary N) is 2. The van der Waals surface area contributed by atoms with Crippen molar-refractivity contribution < 1.29 is 14.7 Å². The predicted molar refractivity (Wildman–Crippen MR) is 114 cm³/mol. The number of carbonyl (C=O) groups is 2. The number of hydrogen-bond acceptors (Lipinski definition) is 4. The second-order valence-corrected chi connectivity index (χ2v) is 7.32. The number of amides is 2. The quantitative estimate of drug-likeness (QED) is 0.477. The molecule has 0 spiro atoms. The lowest BCUT2D eigenvalue weighted by Gasteiger charge is -2.29. The Hall–Kier alpha value is -2.83. The van der Waals surface area contributed by atoms with Gasteiger partial charge in [0.2, 0.25) is 5.91 Å². The van der Waals surface area contributed by atoms with Crippen LogP contribution in [0, 0.1) is 0 Å². The molecular weight excluding hydrogens is 390 g/mol. The number of anilines is 1. The highest BCUT2D eigenvalue weighted by Crippen LogP contribution is 2.30. The highest BCUT2D eigenvalue weighted by atomic mass is 35.5. The summed E-state index contributed by atoms with van der Waals surface area (Å²) in [6.07, 6.45) is 3.34. The molecule has 1 aliphatic rings. The molecule has 6 nitrogen and oxygen atoms in total. The molecule has 2 amide bonds. The maximum atomic E-state index is 12.7. The van der Waals surface area contributed by atoms with Crippen LogP contribution < -0.4 is 10.6 Å². The minimum absolute atomic E-state index is 0.0211. The number of carbonyl (C=O) groups excluding carboxylic acids is 2. The first kappa shape index (κ1) is 20.9. The predicted octanol–water partition coefficient (Wildman–Crippen LogP) is 3.74. The fourth-order valence-electron chi connectivity index (χ4n) is 3.49. The normalized spacial score (nSPS) is 14.9. The number of rotatable bonds is 7. The highest BCUT2D eigenvalue weighted by molar-refractivity contribution is 6.31. The zero-order valence-electron chi connectivity index (χ0n) is 16.0. The smallest absolute Gasteiger partial charge is 0.251 e. The number of hydrogen-bond donors (Lipinski definition) is 3. The average molecular weight is 414 g/mol. The van der Waals surface area contributed by atoms with Gasteiger partial charge in [-0.3, -0.25) is 14.5 Å². The van der Waals surface area contributed by atoms with Gasteiger partial charge in [-0.1, -0.05) is 36.4 Å². The van der Waals surface area contributed by atoms with E-state index in [-0.39, 0.29) is 23.4 Å². The van der Waals surface area contributed by atoms with E-state index in [1.807, 2.05) is 24.3 Å². The summed E-state index contributed by atoms with van der Waals surface area (Å²) < 4.78 is 0. The van der Waals surface area contributed by atoms with Crippen LogP contribution in [-0.2, 0) is 4.79 Å². The zero-order chi connectivity index (χ0) is 20.8. The van der Waals surface area contributed by atoms with E-state index in [2.05, 4.69) is 22.1 Å². The molecule has 0 aliphatic carbocycles. The van der Waals surface area contributed by atoms with Gasteiger partial charge in [0, 0.05) is 17.1 Å². The second kappa shape index (κ2) is 9.58. The van der Waals surface area contributed by atoms with Gasteiger partial charge in [-0.05, 0) is 61.8 Å². The summed E-state index contributed by atoms with van der Waals surface area (Å²) >= 11 is 6.41. The van der Waals surface area contributed by atoms with Gasteiger partial charge in [-0.25, -0.2) is 0 Å². The molecule has 0 saturated carbocycles. The molecule has 2 aromatic rings. The summed E-state index contributed by atoms with van der Waals surface area (Å²) in [7, 11) is 0. The maximum absolute atomic E-state index is 12.7. The van der Waals surface area contributed by atoms with Crippen molar-refractivity contribution in [3.8, 4) is 5.75 Å². The molecule has 3 rings (SSSR count). The number of benzene rings is 2. The van der Waals surface area contributed by atoms with Gasteiger partial charge in [0.15, 0.2) is 0 Å². The standard InChI is InChI=1S/C22H24ClN3O3/c1-2-21(28)25-18-13-15(9-10-20(18)27)22(29)24-14-19(26-11-5-6-12-26)16-7-3-4-8-17(16)23/h2-4,7-10,13,19,27H,1,5-6,11-12,14H2,(H,24,29)(H,25,28). The van der Waals surface area contributed by atoms with E-state index >= 15 is 0 Å². The van der Waals surface area contributed by atoms with Gasteiger partial charge in [0.25, 0.3) is 5.91 Å². The lowest BCUT2D eigenvalue weighted by atomic mass is 10.0. The summed E-state index contributed by atoms with van der Waals surface area (Å²) in [5.41, 5.74) is 1.48. The number of aromatic hydroxyl groups is 1. The lowest BCUT2D eigenvalue weighted by molar-refractivity contribution is -0.111. The van der Waals surface area contributed by atoms with Crippen molar-refractivity contribution in [1.82, 2.24) is 10.2 Å². The topological polar surface area (TPSA) is 81.7 Å². The summed E-state index contributed by atoms with van der Waals surface area (Å²) in [6, 6.07) is 12.0. The van der Waals surface area contributed by atoms with Crippen LogP contribution in [0.3, 0.4) is 0 Å². The average Bonchev–Trinajstić information content (AvgIpc) is 3.25. The Kier molecular flexibility index (Phi) is 6.90.